The van der Waals surface area contributed by atoms with Crippen molar-refractivity contribution < 1.29 is 23.1 Å². The number of nitrogens with zero attached hydrogens (tertiary/aromatic N) is 1. The summed E-state index contributed by atoms with van der Waals surface area (Å²) in [6.07, 6.45) is 4.03. The smallest absolute Gasteiger partial charge is 0.416 e. The summed E-state index contributed by atoms with van der Waals surface area (Å²) >= 11 is 0. The van der Waals surface area contributed by atoms with Gasteiger partial charge < -0.3 is 10.0 Å². The topological polar surface area (TPSA) is 40.5 Å². The molecule has 1 N–H and O–H groups in total. The number of amides is 1. The van der Waals surface area contributed by atoms with Gasteiger partial charge in [-0.05, 0) is 67.0 Å². The van der Waals surface area contributed by atoms with Crippen LogP contribution in [-0.4, -0.2) is 29.0 Å². The second-order valence-electron chi connectivity index (χ2n) is 8.61. The molecule has 1 saturated carbocycles. The van der Waals surface area contributed by atoms with E-state index >= 15 is 0 Å². The van der Waals surface area contributed by atoms with Crippen molar-refractivity contribution in [1.29, 1.82) is 0 Å². The minimum Gasteiger partial charge on any atom is -0.508 e. The van der Waals surface area contributed by atoms with Crippen LogP contribution < -0.4 is 0 Å². The van der Waals surface area contributed by atoms with Crippen molar-refractivity contribution in [3.63, 3.8) is 0 Å². The summed E-state index contributed by atoms with van der Waals surface area (Å²) in [6.45, 7) is 5.35. The van der Waals surface area contributed by atoms with Gasteiger partial charge in [0, 0.05) is 13.1 Å². The lowest BCUT2D eigenvalue weighted by atomic mass is 9.63. The average molecular weight is 460 g/mol. The van der Waals surface area contributed by atoms with Crippen LogP contribution >= 0.6 is 0 Å². The molecule has 0 spiro atoms. The third-order valence-electron chi connectivity index (χ3n) is 6.58. The molecule has 1 saturated heterocycles. The van der Waals surface area contributed by atoms with Crippen LogP contribution in [0.3, 0.4) is 0 Å². The van der Waals surface area contributed by atoms with Gasteiger partial charge in [0.1, 0.15) is 5.75 Å². The molecule has 178 valence electrons. The van der Waals surface area contributed by atoms with Crippen LogP contribution in [0.2, 0.25) is 0 Å². The molecular weight excluding hydrogens is 427 g/mol. The molecule has 1 aliphatic carbocycles. The molecule has 0 bridgehead atoms. The van der Waals surface area contributed by atoms with E-state index < -0.39 is 17.2 Å². The summed E-state index contributed by atoms with van der Waals surface area (Å²) in [5.41, 5.74) is 0.534. The van der Waals surface area contributed by atoms with Crippen LogP contribution in [-0.2, 0) is 16.4 Å². The maximum atomic E-state index is 13.5. The third-order valence-corrected chi connectivity index (χ3v) is 6.58. The van der Waals surface area contributed by atoms with Crippen molar-refractivity contribution in [1.82, 2.24) is 4.90 Å². The number of hydrogen-bond acceptors (Lipinski definition) is 2. The van der Waals surface area contributed by atoms with Crippen LogP contribution in [0.15, 0.2) is 54.6 Å². The van der Waals surface area contributed by atoms with Crippen LogP contribution in [0.4, 0.5) is 13.2 Å². The predicted molar refractivity (Wildman–Crippen MR) is 125 cm³/mol. The monoisotopic (exact) mass is 459 g/mol. The summed E-state index contributed by atoms with van der Waals surface area (Å²) in [4.78, 5) is 15.4. The molecule has 6 heteroatoms. The zero-order valence-electron chi connectivity index (χ0n) is 19.2. The van der Waals surface area contributed by atoms with Crippen LogP contribution in [0, 0.1) is 5.92 Å². The Morgan fingerprint density at radius 1 is 1.03 bits per heavy atom. The summed E-state index contributed by atoms with van der Waals surface area (Å²) in [5.74, 6) is 0.520. The van der Waals surface area contributed by atoms with Crippen molar-refractivity contribution in [3.05, 3.63) is 71.3 Å². The fourth-order valence-corrected chi connectivity index (χ4v) is 4.62. The van der Waals surface area contributed by atoms with Crippen molar-refractivity contribution >= 4 is 12.0 Å². The first-order valence-electron chi connectivity index (χ1n) is 11.7. The van der Waals surface area contributed by atoms with E-state index in [-0.39, 0.29) is 17.6 Å². The zero-order chi connectivity index (χ0) is 24.1. The number of phenolic OH excluding ortho intramolecular Hbond substituents is 1. The quantitative estimate of drug-likeness (QED) is 0.546. The minimum absolute atomic E-state index is 0.150. The van der Waals surface area contributed by atoms with Gasteiger partial charge in [0.15, 0.2) is 0 Å². The molecule has 1 amide bonds. The highest BCUT2D eigenvalue weighted by Gasteiger charge is 2.48. The summed E-state index contributed by atoms with van der Waals surface area (Å²) in [7, 11) is 0. The summed E-state index contributed by atoms with van der Waals surface area (Å²) < 4.78 is 38.2. The third kappa shape index (κ3) is 5.60. The molecule has 1 atom stereocenters. The van der Waals surface area contributed by atoms with E-state index in [1.165, 1.54) is 12.1 Å². The van der Waals surface area contributed by atoms with Gasteiger partial charge >= 0.3 is 6.18 Å². The Kier molecular flexibility index (Phi) is 7.88. The van der Waals surface area contributed by atoms with Crippen LogP contribution in [0.25, 0.3) is 6.08 Å². The molecule has 33 heavy (non-hydrogen) atoms. The molecule has 2 aliphatic rings. The van der Waals surface area contributed by atoms with Gasteiger partial charge in [-0.1, -0.05) is 56.7 Å². The van der Waals surface area contributed by atoms with Gasteiger partial charge in [0.25, 0.3) is 0 Å². The number of aromatic hydroxyl groups is 1. The largest absolute Gasteiger partial charge is 0.508 e. The van der Waals surface area contributed by atoms with Gasteiger partial charge in [-0.25, -0.2) is 0 Å². The first-order valence-corrected chi connectivity index (χ1v) is 11.7. The Morgan fingerprint density at radius 3 is 2.21 bits per heavy atom. The highest BCUT2D eigenvalue weighted by atomic mass is 19.4. The Hall–Kier alpha value is -2.76. The standard InChI is InChI=1S/C25H26F3NO2.C2H6/c26-25(27,28)21-8-6-18(7-9-21)4-5-19-3-1-16-29(17-19)23(31)24(14-2-15-24)20-10-12-22(30)13-11-20;1-2/h4-13,19,30H,1-3,14-17H2;1-2H3/b5-4+;. The van der Waals surface area contributed by atoms with Crippen LogP contribution in [0.5, 0.6) is 5.75 Å². The van der Waals surface area contributed by atoms with Crippen molar-refractivity contribution in [2.24, 2.45) is 5.92 Å². The number of piperidine rings is 1. The molecule has 2 aromatic carbocycles. The second-order valence-corrected chi connectivity index (χ2v) is 8.61. The van der Waals surface area contributed by atoms with E-state index in [9.17, 15) is 23.1 Å². The van der Waals surface area contributed by atoms with Gasteiger partial charge in [-0.3, -0.25) is 4.79 Å². The van der Waals surface area contributed by atoms with E-state index in [2.05, 4.69) is 0 Å². The lowest BCUT2D eigenvalue weighted by Gasteiger charge is -2.45. The van der Waals surface area contributed by atoms with Gasteiger partial charge in [0.2, 0.25) is 5.91 Å². The normalized spacial score (nSPS) is 20.0. The zero-order valence-corrected chi connectivity index (χ0v) is 19.2. The van der Waals surface area contributed by atoms with Gasteiger partial charge in [-0.2, -0.15) is 13.2 Å². The van der Waals surface area contributed by atoms with E-state index in [4.69, 9.17) is 0 Å². The molecule has 2 aromatic rings. The predicted octanol–water partition coefficient (Wildman–Crippen LogP) is 6.81. The number of rotatable bonds is 4. The Bertz CT molecular complexity index is 945. The maximum absolute atomic E-state index is 13.5. The number of likely N-dealkylation sites (tertiary alicyclic amines) is 1. The maximum Gasteiger partial charge on any atom is 0.416 e. The highest BCUT2D eigenvalue weighted by molar-refractivity contribution is 5.89. The highest BCUT2D eigenvalue weighted by Crippen LogP contribution is 2.46. The van der Waals surface area contributed by atoms with Gasteiger partial charge in [0.05, 0.1) is 11.0 Å². The van der Waals surface area contributed by atoms with E-state index in [0.717, 1.165) is 61.9 Å². The average Bonchev–Trinajstić information content (AvgIpc) is 2.79. The number of benzene rings is 2. The van der Waals surface area contributed by atoms with Gasteiger partial charge in [-0.15, -0.1) is 0 Å². The molecule has 0 aromatic heterocycles. The van der Waals surface area contributed by atoms with E-state index in [1.54, 1.807) is 12.1 Å². The van der Waals surface area contributed by atoms with E-state index in [1.807, 2.05) is 43.0 Å². The van der Waals surface area contributed by atoms with Crippen molar-refractivity contribution in [2.75, 3.05) is 13.1 Å². The van der Waals surface area contributed by atoms with Crippen molar-refractivity contribution in [2.45, 2.75) is 57.5 Å². The first kappa shape index (κ1) is 24.9. The molecule has 1 aliphatic heterocycles. The van der Waals surface area contributed by atoms with Crippen molar-refractivity contribution in [3.8, 4) is 5.75 Å². The number of hydrogen-bond donors (Lipinski definition) is 1. The van der Waals surface area contributed by atoms with Crippen LogP contribution in [0.1, 0.15) is 62.6 Å². The molecule has 0 radical (unpaired) electrons. The number of halogens is 3. The Balaban J connectivity index is 0.00000149. The Morgan fingerprint density at radius 2 is 1.67 bits per heavy atom. The number of carbonyl (C=O) groups excluding carboxylic acids is 1. The Labute approximate surface area is 193 Å². The minimum atomic E-state index is -4.33. The second kappa shape index (κ2) is 10.4. The molecule has 4 rings (SSSR count). The molecule has 1 heterocycles. The number of alkyl halides is 3. The molecule has 1 unspecified atom stereocenters. The molecule has 2 fully saturated rings. The SMILES string of the molecule is CC.O=C(N1CCCC(/C=C/c2ccc(C(F)(F)F)cc2)C1)C1(c2ccc(O)cc2)CCC1. The summed E-state index contributed by atoms with van der Waals surface area (Å²) in [5, 5.41) is 9.58. The molecule has 3 nitrogen and oxygen atoms in total. The van der Waals surface area contributed by atoms with E-state index in [0.29, 0.717) is 6.54 Å². The molecular formula is C27H32F3NO2. The lowest BCUT2D eigenvalue weighted by Crippen LogP contribution is -2.53. The fraction of sp³-hybridized carbons (Fsp3) is 0.444. The number of phenols is 1. The first-order chi connectivity index (χ1) is 15.8. The fourth-order valence-electron chi connectivity index (χ4n) is 4.62. The lowest BCUT2D eigenvalue weighted by molar-refractivity contribution is -0.142. The summed E-state index contributed by atoms with van der Waals surface area (Å²) in [6, 6.07) is 12.1. The number of carbonyl (C=O) groups is 1.